The van der Waals surface area contributed by atoms with Gasteiger partial charge in [0.2, 0.25) is 0 Å². The number of aryl methyl sites for hydroxylation is 1. The molecular formula is C12H17NO. The van der Waals surface area contributed by atoms with Crippen LogP contribution >= 0.6 is 0 Å². The topological polar surface area (TPSA) is 20.3 Å². The van der Waals surface area contributed by atoms with Crippen LogP contribution < -0.4 is 0 Å². The van der Waals surface area contributed by atoms with Gasteiger partial charge in [-0.15, -0.1) is 0 Å². The molecule has 1 aromatic carbocycles. The Morgan fingerprint density at radius 2 is 2.00 bits per heavy atom. The molecule has 0 aromatic heterocycles. The summed E-state index contributed by atoms with van der Waals surface area (Å²) >= 11 is 0. The van der Waals surface area contributed by atoms with Crippen molar-refractivity contribution in [2.24, 2.45) is 0 Å². The molecule has 0 unspecified atom stereocenters. The highest BCUT2D eigenvalue weighted by atomic mass is 16.1. The molecular weight excluding hydrogens is 174 g/mol. The molecule has 0 amide bonds. The summed E-state index contributed by atoms with van der Waals surface area (Å²) in [6.45, 7) is 0.953. The first-order valence-electron chi connectivity index (χ1n) is 4.88. The number of hydrogen-bond donors (Lipinski definition) is 0. The van der Waals surface area contributed by atoms with Crippen LogP contribution in [0.2, 0.25) is 0 Å². The van der Waals surface area contributed by atoms with Gasteiger partial charge in [0.15, 0.2) is 0 Å². The molecule has 2 nitrogen and oxygen atoms in total. The molecule has 0 bridgehead atoms. The van der Waals surface area contributed by atoms with Crippen molar-refractivity contribution in [3.63, 3.8) is 0 Å². The van der Waals surface area contributed by atoms with Crippen molar-refractivity contribution in [2.75, 3.05) is 14.1 Å². The predicted molar refractivity (Wildman–Crippen MR) is 58.2 cm³/mol. The Morgan fingerprint density at radius 3 is 2.64 bits per heavy atom. The van der Waals surface area contributed by atoms with Crippen LogP contribution in [0.15, 0.2) is 24.3 Å². The van der Waals surface area contributed by atoms with Gasteiger partial charge in [-0.2, -0.15) is 0 Å². The van der Waals surface area contributed by atoms with Crippen LogP contribution in [0.3, 0.4) is 0 Å². The molecule has 1 rings (SSSR count). The second-order valence-corrected chi connectivity index (χ2v) is 3.76. The molecule has 0 aliphatic rings. The zero-order valence-electron chi connectivity index (χ0n) is 8.86. The highest BCUT2D eigenvalue weighted by Gasteiger charge is 1.97. The van der Waals surface area contributed by atoms with Gasteiger partial charge in [-0.1, -0.05) is 24.3 Å². The lowest BCUT2D eigenvalue weighted by Gasteiger charge is -2.10. The summed E-state index contributed by atoms with van der Waals surface area (Å²) in [5, 5.41) is 0. The number of aldehydes is 1. The maximum atomic E-state index is 10.2. The maximum Gasteiger partial charge on any atom is 0.120 e. The monoisotopic (exact) mass is 191 g/mol. The fraction of sp³-hybridized carbons (Fsp3) is 0.417. The van der Waals surface area contributed by atoms with Gasteiger partial charge in [0.25, 0.3) is 0 Å². The Hall–Kier alpha value is -1.15. The second kappa shape index (κ2) is 5.55. The minimum atomic E-state index is 0.616. The number of nitrogens with zero attached hydrogens (tertiary/aromatic N) is 1. The number of benzene rings is 1. The molecule has 0 radical (unpaired) electrons. The molecule has 2 heteroatoms. The molecule has 0 N–H and O–H groups in total. The lowest BCUT2D eigenvalue weighted by atomic mass is 10.1. The molecule has 14 heavy (non-hydrogen) atoms. The van der Waals surface area contributed by atoms with E-state index in [4.69, 9.17) is 0 Å². The van der Waals surface area contributed by atoms with Crippen molar-refractivity contribution in [1.29, 1.82) is 0 Å². The molecule has 0 atom stereocenters. The molecule has 0 fully saturated rings. The van der Waals surface area contributed by atoms with Gasteiger partial charge < -0.3 is 9.69 Å². The third kappa shape index (κ3) is 3.71. The average molecular weight is 191 g/mol. The predicted octanol–water partition coefficient (Wildman–Crippen LogP) is 1.88. The summed E-state index contributed by atoms with van der Waals surface area (Å²) in [5.74, 6) is 0. The molecule has 0 spiro atoms. The summed E-state index contributed by atoms with van der Waals surface area (Å²) in [6, 6.07) is 8.41. The summed E-state index contributed by atoms with van der Waals surface area (Å²) in [5.41, 5.74) is 2.55. The maximum absolute atomic E-state index is 10.2. The average Bonchev–Trinajstić information content (AvgIpc) is 2.14. The van der Waals surface area contributed by atoms with E-state index in [0.29, 0.717) is 6.42 Å². The first-order valence-corrected chi connectivity index (χ1v) is 4.88. The standard InChI is InChI=1S/C12H17NO/c1-13(2)10-12-6-3-5-11(9-12)7-4-8-14/h3,5-6,8-9H,4,7,10H2,1-2H3. The number of rotatable bonds is 5. The van der Waals surface area contributed by atoms with Crippen LogP contribution in [0.1, 0.15) is 17.5 Å². The number of carbonyl (C=O) groups is 1. The highest BCUT2D eigenvalue weighted by molar-refractivity contribution is 5.50. The third-order valence-electron chi connectivity index (χ3n) is 2.04. The number of hydrogen-bond acceptors (Lipinski definition) is 2. The Balaban J connectivity index is 2.63. The van der Waals surface area contributed by atoms with Crippen LogP contribution in [0, 0.1) is 0 Å². The SMILES string of the molecule is CN(C)Cc1cccc(CCC=O)c1. The van der Waals surface area contributed by atoms with Crippen LogP contribution in [-0.2, 0) is 17.8 Å². The molecule has 0 aliphatic carbocycles. The van der Waals surface area contributed by atoms with Gasteiger partial charge in [0, 0.05) is 13.0 Å². The Bertz CT molecular complexity index is 294. The molecule has 0 saturated heterocycles. The van der Waals surface area contributed by atoms with E-state index in [2.05, 4.69) is 43.3 Å². The minimum absolute atomic E-state index is 0.616. The molecule has 0 heterocycles. The van der Waals surface area contributed by atoms with Crippen molar-refractivity contribution in [2.45, 2.75) is 19.4 Å². The van der Waals surface area contributed by atoms with Crippen molar-refractivity contribution in [3.05, 3.63) is 35.4 Å². The normalized spacial score (nSPS) is 10.5. The van der Waals surface area contributed by atoms with E-state index in [1.54, 1.807) is 0 Å². The quantitative estimate of drug-likeness (QED) is 0.662. The van der Waals surface area contributed by atoms with E-state index >= 15 is 0 Å². The zero-order valence-corrected chi connectivity index (χ0v) is 8.86. The number of carbonyl (C=O) groups excluding carboxylic acids is 1. The third-order valence-corrected chi connectivity index (χ3v) is 2.04. The molecule has 0 saturated carbocycles. The van der Waals surface area contributed by atoms with Crippen LogP contribution in [0.5, 0.6) is 0 Å². The summed E-state index contributed by atoms with van der Waals surface area (Å²) in [6.07, 6.45) is 2.44. The lowest BCUT2D eigenvalue weighted by Crippen LogP contribution is -2.10. The molecule has 76 valence electrons. The van der Waals surface area contributed by atoms with Gasteiger partial charge in [-0.05, 0) is 31.6 Å². The van der Waals surface area contributed by atoms with Crippen LogP contribution in [-0.4, -0.2) is 25.3 Å². The summed E-state index contributed by atoms with van der Waals surface area (Å²) < 4.78 is 0. The largest absolute Gasteiger partial charge is 0.305 e. The van der Waals surface area contributed by atoms with Crippen molar-refractivity contribution in [1.82, 2.24) is 4.90 Å². The van der Waals surface area contributed by atoms with Crippen molar-refractivity contribution < 1.29 is 4.79 Å². The molecule has 0 aliphatic heterocycles. The van der Waals surface area contributed by atoms with E-state index in [9.17, 15) is 4.79 Å². The molecule has 1 aromatic rings. The van der Waals surface area contributed by atoms with Crippen LogP contribution in [0.4, 0.5) is 0 Å². The van der Waals surface area contributed by atoms with Gasteiger partial charge in [-0.3, -0.25) is 0 Å². The van der Waals surface area contributed by atoms with Crippen molar-refractivity contribution in [3.8, 4) is 0 Å². The minimum Gasteiger partial charge on any atom is -0.305 e. The smallest absolute Gasteiger partial charge is 0.120 e. The fourth-order valence-electron chi connectivity index (χ4n) is 1.47. The fourth-order valence-corrected chi connectivity index (χ4v) is 1.47. The van der Waals surface area contributed by atoms with Crippen LogP contribution in [0.25, 0.3) is 0 Å². The Morgan fingerprint density at radius 1 is 1.29 bits per heavy atom. The van der Waals surface area contributed by atoms with Gasteiger partial charge in [-0.25, -0.2) is 0 Å². The Kier molecular flexibility index (Phi) is 4.33. The summed E-state index contributed by atoms with van der Waals surface area (Å²) in [4.78, 5) is 12.4. The van der Waals surface area contributed by atoms with Gasteiger partial charge in [0.1, 0.15) is 6.29 Å². The van der Waals surface area contributed by atoms with Gasteiger partial charge in [0.05, 0.1) is 0 Å². The van der Waals surface area contributed by atoms with E-state index in [1.165, 1.54) is 11.1 Å². The highest BCUT2D eigenvalue weighted by Crippen LogP contribution is 2.08. The summed E-state index contributed by atoms with van der Waals surface area (Å²) in [7, 11) is 4.11. The van der Waals surface area contributed by atoms with Gasteiger partial charge >= 0.3 is 0 Å². The van der Waals surface area contributed by atoms with E-state index in [-0.39, 0.29) is 0 Å². The Labute approximate surface area is 85.5 Å². The lowest BCUT2D eigenvalue weighted by molar-refractivity contribution is -0.107. The zero-order chi connectivity index (χ0) is 10.4. The first-order chi connectivity index (χ1) is 6.72. The van der Waals surface area contributed by atoms with E-state index in [0.717, 1.165) is 19.3 Å². The van der Waals surface area contributed by atoms with E-state index < -0.39 is 0 Å². The van der Waals surface area contributed by atoms with Crippen molar-refractivity contribution >= 4 is 6.29 Å². The first kappa shape index (κ1) is 10.9. The van der Waals surface area contributed by atoms with E-state index in [1.807, 2.05) is 0 Å². The second-order valence-electron chi connectivity index (χ2n) is 3.76.